The number of carbonyl (C=O) groups is 3. The molecular weight excluding hydrogens is 406 g/mol. The number of benzene rings is 1. The van der Waals surface area contributed by atoms with E-state index in [0.29, 0.717) is 44.1 Å². The predicted molar refractivity (Wildman–Crippen MR) is 120 cm³/mol. The van der Waals surface area contributed by atoms with E-state index < -0.39 is 5.91 Å². The molecule has 2 aromatic rings. The number of primary amides is 1. The lowest BCUT2D eigenvalue weighted by Crippen LogP contribution is -2.40. The molecule has 8 heteroatoms. The van der Waals surface area contributed by atoms with E-state index in [2.05, 4.69) is 0 Å². The molecule has 0 spiro atoms. The van der Waals surface area contributed by atoms with E-state index in [1.807, 2.05) is 37.3 Å². The second-order valence-electron chi connectivity index (χ2n) is 8.58. The molecular formula is C24H29N5O3. The monoisotopic (exact) mass is 435 g/mol. The van der Waals surface area contributed by atoms with Crippen molar-refractivity contribution in [1.29, 1.82) is 0 Å². The predicted octanol–water partition coefficient (Wildman–Crippen LogP) is 2.24. The van der Waals surface area contributed by atoms with Crippen LogP contribution in [0.25, 0.3) is 0 Å². The Labute approximate surface area is 187 Å². The third-order valence-electron chi connectivity index (χ3n) is 6.26. The van der Waals surface area contributed by atoms with Crippen molar-refractivity contribution in [2.24, 2.45) is 5.73 Å². The third kappa shape index (κ3) is 4.79. The molecule has 1 unspecified atom stereocenters. The molecule has 8 nitrogen and oxygen atoms in total. The number of amides is 3. The molecule has 1 aromatic carbocycles. The van der Waals surface area contributed by atoms with Crippen molar-refractivity contribution in [1.82, 2.24) is 14.9 Å². The van der Waals surface area contributed by atoms with Gasteiger partial charge in [-0.25, -0.2) is 9.97 Å². The molecule has 3 heterocycles. The van der Waals surface area contributed by atoms with E-state index in [-0.39, 0.29) is 30.6 Å². The highest BCUT2D eigenvalue weighted by Gasteiger charge is 2.31. The van der Waals surface area contributed by atoms with Crippen LogP contribution in [0.2, 0.25) is 0 Å². The lowest BCUT2D eigenvalue weighted by molar-refractivity contribution is -0.134. The smallest absolute Gasteiger partial charge is 0.228 e. The molecule has 0 bridgehead atoms. The van der Waals surface area contributed by atoms with Gasteiger partial charge in [-0.05, 0) is 31.7 Å². The summed E-state index contributed by atoms with van der Waals surface area (Å²) < 4.78 is 0. The lowest BCUT2D eigenvalue weighted by atomic mass is 9.95. The quantitative estimate of drug-likeness (QED) is 0.748. The molecule has 2 aliphatic rings. The zero-order chi connectivity index (χ0) is 22.7. The van der Waals surface area contributed by atoms with Gasteiger partial charge >= 0.3 is 0 Å². The van der Waals surface area contributed by atoms with Crippen LogP contribution in [0.15, 0.2) is 30.3 Å². The molecule has 0 saturated carbocycles. The van der Waals surface area contributed by atoms with E-state index in [4.69, 9.17) is 15.7 Å². The van der Waals surface area contributed by atoms with Gasteiger partial charge in [0, 0.05) is 49.5 Å². The molecule has 2 N–H and O–H groups in total. The molecule has 0 radical (unpaired) electrons. The van der Waals surface area contributed by atoms with Crippen LogP contribution >= 0.6 is 0 Å². The zero-order valence-corrected chi connectivity index (χ0v) is 18.4. The minimum atomic E-state index is -0.469. The van der Waals surface area contributed by atoms with Crippen molar-refractivity contribution in [2.75, 3.05) is 18.0 Å². The summed E-state index contributed by atoms with van der Waals surface area (Å²) in [5.74, 6) is 0.914. The summed E-state index contributed by atoms with van der Waals surface area (Å²) in [6, 6.07) is 9.90. The van der Waals surface area contributed by atoms with Crippen LogP contribution in [-0.2, 0) is 27.3 Å². The molecule has 0 aliphatic carbocycles. The summed E-state index contributed by atoms with van der Waals surface area (Å²) in [5, 5.41) is 0. The fraction of sp³-hybridized carbons (Fsp3) is 0.458. The van der Waals surface area contributed by atoms with Crippen molar-refractivity contribution < 1.29 is 14.4 Å². The topological polar surface area (TPSA) is 109 Å². The van der Waals surface area contributed by atoms with Crippen molar-refractivity contribution in [2.45, 2.75) is 57.9 Å². The summed E-state index contributed by atoms with van der Waals surface area (Å²) in [6.07, 6.45) is 3.02. The van der Waals surface area contributed by atoms with Crippen LogP contribution in [0.4, 0.5) is 5.82 Å². The molecule has 2 aliphatic heterocycles. The van der Waals surface area contributed by atoms with Gasteiger partial charge in [0.15, 0.2) is 0 Å². The first kappa shape index (κ1) is 21.9. The Hall–Kier alpha value is -3.29. The second kappa shape index (κ2) is 9.46. The number of aryl methyl sites for hydroxylation is 1. The van der Waals surface area contributed by atoms with Gasteiger partial charge in [-0.15, -0.1) is 0 Å². The molecule has 1 aromatic heterocycles. The summed E-state index contributed by atoms with van der Waals surface area (Å²) in [6.45, 7) is 3.63. The van der Waals surface area contributed by atoms with E-state index in [9.17, 15) is 14.4 Å². The van der Waals surface area contributed by atoms with Crippen molar-refractivity contribution in [3.05, 3.63) is 53.0 Å². The Morgan fingerprint density at radius 2 is 1.91 bits per heavy atom. The number of nitrogens with two attached hydrogens (primary N) is 1. The minimum Gasteiger partial charge on any atom is -0.370 e. The normalized spacial score (nSPS) is 18.4. The SMILES string of the molecule is Cc1nc(C2CCCN(C(=O)CCC(N)=O)C2)nc2c1CCC(=O)N2Cc1ccccc1. The first-order chi connectivity index (χ1) is 15.4. The summed E-state index contributed by atoms with van der Waals surface area (Å²) >= 11 is 0. The lowest BCUT2D eigenvalue weighted by Gasteiger charge is -2.34. The van der Waals surface area contributed by atoms with Crippen molar-refractivity contribution in [3.63, 3.8) is 0 Å². The summed E-state index contributed by atoms with van der Waals surface area (Å²) in [7, 11) is 0. The van der Waals surface area contributed by atoms with E-state index in [0.717, 1.165) is 29.7 Å². The Bertz CT molecular complexity index is 1020. The third-order valence-corrected chi connectivity index (χ3v) is 6.26. The Kier molecular flexibility index (Phi) is 6.48. The van der Waals surface area contributed by atoms with E-state index in [1.165, 1.54) is 0 Å². The first-order valence-electron chi connectivity index (χ1n) is 11.2. The summed E-state index contributed by atoms with van der Waals surface area (Å²) in [4.78, 5) is 49.5. The number of aromatic nitrogens is 2. The van der Waals surface area contributed by atoms with Gasteiger partial charge in [-0.2, -0.15) is 0 Å². The van der Waals surface area contributed by atoms with Gasteiger partial charge in [-0.3, -0.25) is 19.3 Å². The Balaban J connectivity index is 1.58. The Morgan fingerprint density at radius 3 is 2.66 bits per heavy atom. The zero-order valence-electron chi connectivity index (χ0n) is 18.4. The first-order valence-corrected chi connectivity index (χ1v) is 11.2. The highest BCUT2D eigenvalue weighted by Crippen LogP contribution is 2.33. The Morgan fingerprint density at radius 1 is 1.12 bits per heavy atom. The fourth-order valence-corrected chi connectivity index (χ4v) is 4.52. The summed E-state index contributed by atoms with van der Waals surface area (Å²) in [5.41, 5.74) is 8.16. The molecule has 168 valence electrons. The molecule has 3 amide bonds. The molecule has 1 saturated heterocycles. The van der Waals surface area contributed by atoms with Crippen molar-refractivity contribution >= 4 is 23.5 Å². The molecule has 4 rings (SSSR count). The van der Waals surface area contributed by atoms with E-state index >= 15 is 0 Å². The number of carbonyl (C=O) groups excluding carboxylic acids is 3. The highest BCUT2D eigenvalue weighted by atomic mass is 16.2. The van der Waals surface area contributed by atoms with Gasteiger partial charge in [-0.1, -0.05) is 30.3 Å². The minimum absolute atomic E-state index is 0.000817. The standard InChI is InChI=1S/C24H29N5O3/c1-16-19-9-11-22(32)29(14-17-6-3-2-4-7-17)24(19)27-23(26-16)18-8-5-13-28(15-18)21(31)12-10-20(25)30/h2-4,6-7,18H,5,8-15H2,1H3,(H2,25,30). The number of likely N-dealkylation sites (tertiary alicyclic amines) is 1. The van der Waals surface area contributed by atoms with Gasteiger partial charge in [0.1, 0.15) is 11.6 Å². The number of hydrogen-bond donors (Lipinski definition) is 1. The number of nitrogens with zero attached hydrogens (tertiary/aromatic N) is 4. The number of piperidine rings is 1. The molecule has 1 atom stereocenters. The average molecular weight is 436 g/mol. The van der Waals surface area contributed by atoms with Crippen LogP contribution in [-0.4, -0.2) is 45.7 Å². The van der Waals surface area contributed by atoms with Crippen LogP contribution in [0.1, 0.15) is 60.7 Å². The second-order valence-corrected chi connectivity index (χ2v) is 8.58. The fourth-order valence-electron chi connectivity index (χ4n) is 4.52. The van der Waals surface area contributed by atoms with Crippen LogP contribution in [0.5, 0.6) is 0 Å². The number of anilines is 1. The van der Waals surface area contributed by atoms with Gasteiger partial charge in [0.2, 0.25) is 17.7 Å². The number of rotatable bonds is 6. The highest BCUT2D eigenvalue weighted by molar-refractivity contribution is 5.95. The van der Waals surface area contributed by atoms with Crippen molar-refractivity contribution in [3.8, 4) is 0 Å². The van der Waals surface area contributed by atoms with Crippen LogP contribution in [0, 0.1) is 6.92 Å². The van der Waals surface area contributed by atoms with Crippen LogP contribution in [0.3, 0.4) is 0 Å². The van der Waals surface area contributed by atoms with Gasteiger partial charge < -0.3 is 10.6 Å². The van der Waals surface area contributed by atoms with Crippen LogP contribution < -0.4 is 10.6 Å². The largest absolute Gasteiger partial charge is 0.370 e. The van der Waals surface area contributed by atoms with E-state index in [1.54, 1.807) is 9.80 Å². The maximum absolute atomic E-state index is 12.8. The van der Waals surface area contributed by atoms with Gasteiger partial charge in [0.25, 0.3) is 0 Å². The molecule has 32 heavy (non-hydrogen) atoms. The molecule has 1 fully saturated rings. The average Bonchev–Trinajstić information content (AvgIpc) is 2.80. The number of fused-ring (bicyclic) bond motifs is 1. The van der Waals surface area contributed by atoms with Gasteiger partial charge in [0.05, 0.1) is 6.54 Å². The maximum Gasteiger partial charge on any atom is 0.228 e. The number of hydrogen-bond acceptors (Lipinski definition) is 5. The maximum atomic E-state index is 12.8.